The summed E-state index contributed by atoms with van der Waals surface area (Å²) in [6.45, 7) is 7.44. The first-order valence-corrected chi connectivity index (χ1v) is 15.7. The molecule has 6 rings (SSSR count). The number of hydrogen-bond donors (Lipinski definition) is 1. The van der Waals surface area contributed by atoms with Crippen LogP contribution in [0.15, 0.2) is 36.4 Å². The van der Waals surface area contributed by atoms with E-state index in [1.807, 2.05) is 30.3 Å². The molecule has 0 saturated heterocycles. The lowest BCUT2D eigenvalue weighted by molar-refractivity contribution is -0.141. The van der Waals surface area contributed by atoms with Crippen LogP contribution in [0.1, 0.15) is 106 Å². The maximum absolute atomic E-state index is 12.3. The minimum absolute atomic E-state index is 0.0871. The highest BCUT2D eigenvalue weighted by molar-refractivity contribution is 5.92. The molecule has 4 aliphatic rings. The molecule has 214 valence electrons. The van der Waals surface area contributed by atoms with Crippen LogP contribution in [0.2, 0.25) is 0 Å². The van der Waals surface area contributed by atoms with E-state index in [9.17, 15) is 14.7 Å². The van der Waals surface area contributed by atoms with Gasteiger partial charge in [-0.25, -0.2) is 0 Å². The SMILES string of the molecule is COC(=O)CC[C@@H](C)[C@H]1CC[C@H]2[C@@H]3CC[C@@H]4c5c(cc(-c6ccccc6)c(C=O)c5O)CC[C@]4(C)[C@H]3CC[C@]12C. The van der Waals surface area contributed by atoms with Crippen molar-refractivity contribution >= 4 is 12.3 Å². The van der Waals surface area contributed by atoms with E-state index >= 15 is 0 Å². The van der Waals surface area contributed by atoms with Crippen molar-refractivity contribution in [3.05, 3.63) is 53.1 Å². The first-order valence-electron chi connectivity index (χ1n) is 15.7. The van der Waals surface area contributed by atoms with Gasteiger partial charge in [0.2, 0.25) is 0 Å². The van der Waals surface area contributed by atoms with Crippen LogP contribution in [-0.2, 0) is 16.0 Å². The highest BCUT2D eigenvalue weighted by atomic mass is 16.5. The Hall–Kier alpha value is -2.62. The van der Waals surface area contributed by atoms with Crippen molar-refractivity contribution in [1.29, 1.82) is 0 Å². The van der Waals surface area contributed by atoms with E-state index in [2.05, 4.69) is 26.8 Å². The van der Waals surface area contributed by atoms with Gasteiger partial charge >= 0.3 is 5.97 Å². The van der Waals surface area contributed by atoms with E-state index < -0.39 is 0 Å². The molecule has 1 N–H and O–H groups in total. The van der Waals surface area contributed by atoms with Gasteiger partial charge in [-0.05, 0) is 127 Å². The largest absolute Gasteiger partial charge is 0.507 e. The predicted molar refractivity (Wildman–Crippen MR) is 158 cm³/mol. The van der Waals surface area contributed by atoms with Crippen molar-refractivity contribution in [3.8, 4) is 16.9 Å². The fourth-order valence-electron chi connectivity index (χ4n) is 10.6. The Balaban J connectivity index is 1.28. The molecule has 0 spiro atoms. The zero-order chi connectivity index (χ0) is 28.2. The summed E-state index contributed by atoms with van der Waals surface area (Å²) in [5, 5.41) is 11.7. The van der Waals surface area contributed by atoms with Gasteiger partial charge < -0.3 is 9.84 Å². The normalized spacial score (nSPS) is 35.0. The molecule has 2 aromatic rings. The second-order valence-corrected chi connectivity index (χ2v) is 14.1. The summed E-state index contributed by atoms with van der Waals surface area (Å²) in [5.74, 6) is 3.81. The van der Waals surface area contributed by atoms with Crippen molar-refractivity contribution in [1.82, 2.24) is 0 Å². The summed E-state index contributed by atoms with van der Waals surface area (Å²) in [6.07, 6.45) is 11.8. The van der Waals surface area contributed by atoms with Gasteiger partial charge in [0.05, 0.1) is 12.7 Å². The average molecular weight is 543 g/mol. The summed E-state index contributed by atoms with van der Waals surface area (Å²) in [6, 6.07) is 12.2. The van der Waals surface area contributed by atoms with Crippen molar-refractivity contribution in [2.75, 3.05) is 7.11 Å². The number of phenolic OH excluding ortho intramolecular Hbond substituents is 1. The van der Waals surface area contributed by atoms with Crippen LogP contribution < -0.4 is 0 Å². The Morgan fingerprint density at radius 2 is 1.80 bits per heavy atom. The van der Waals surface area contributed by atoms with Crippen molar-refractivity contribution < 1.29 is 19.4 Å². The number of rotatable bonds is 6. The molecule has 2 aromatic carbocycles. The maximum Gasteiger partial charge on any atom is 0.305 e. The smallest absolute Gasteiger partial charge is 0.305 e. The number of esters is 1. The third kappa shape index (κ3) is 4.15. The maximum atomic E-state index is 12.3. The number of hydrogen-bond acceptors (Lipinski definition) is 4. The molecule has 40 heavy (non-hydrogen) atoms. The van der Waals surface area contributed by atoms with E-state index in [1.165, 1.54) is 44.8 Å². The Labute approximate surface area is 239 Å². The Bertz CT molecular complexity index is 1280. The van der Waals surface area contributed by atoms with Crippen molar-refractivity contribution in [3.63, 3.8) is 0 Å². The molecule has 3 fully saturated rings. The van der Waals surface area contributed by atoms with Gasteiger partial charge in [0, 0.05) is 12.0 Å². The van der Waals surface area contributed by atoms with Crippen molar-refractivity contribution in [2.24, 2.45) is 40.4 Å². The number of carbonyl (C=O) groups is 2. The Morgan fingerprint density at radius 3 is 2.52 bits per heavy atom. The number of carbonyl (C=O) groups excluding carboxylic acids is 2. The van der Waals surface area contributed by atoms with Gasteiger partial charge in [0.15, 0.2) is 6.29 Å². The second kappa shape index (κ2) is 10.3. The summed E-state index contributed by atoms with van der Waals surface area (Å²) in [4.78, 5) is 24.2. The van der Waals surface area contributed by atoms with Gasteiger partial charge in [-0.2, -0.15) is 0 Å². The molecule has 0 radical (unpaired) electrons. The monoisotopic (exact) mass is 542 g/mol. The number of phenols is 1. The summed E-state index contributed by atoms with van der Waals surface area (Å²) >= 11 is 0. The van der Waals surface area contributed by atoms with Crippen LogP contribution >= 0.6 is 0 Å². The van der Waals surface area contributed by atoms with Crippen LogP contribution in [0, 0.1) is 40.4 Å². The molecular formula is C36H46O4. The van der Waals surface area contributed by atoms with Gasteiger partial charge in [0.25, 0.3) is 0 Å². The van der Waals surface area contributed by atoms with Gasteiger partial charge in [-0.1, -0.05) is 51.1 Å². The molecule has 4 heteroatoms. The third-order valence-corrected chi connectivity index (χ3v) is 12.6. The number of fused-ring (bicyclic) bond motifs is 7. The zero-order valence-corrected chi connectivity index (χ0v) is 24.7. The quantitative estimate of drug-likeness (QED) is 0.294. The molecule has 0 amide bonds. The predicted octanol–water partition coefficient (Wildman–Crippen LogP) is 8.35. The zero-order valence-electron chi connectivity index (χ0n) is 24.7. The lowest BCUT2D eigenvalue weighted by atomic mass is 9.44. The van der Waals surface area contributed by atoms with Gasteiger partial charge in [-0.3, -0.25) is 9.59 Å². The number of aryl methyl sites for hydroxylation is 1. The summed E-state index contributed by atoms with van der Waals surface area (Å²) < 4.78 is 4.93. The lowest BCUT2D eigenvalue weighted by Crippen LogP contribution is -2.52. The Kier molecular flexibility index (Phi) is 7.12. The molecule has 3 saturated carbocycles. The number of benzene rings is 2. The van der Waals surface area contributed by atoms with Crippen LogP contribution in [-0.4, -0.2) is 24.5 Å². The van der Waals surface area contributed by atoms with Crippen molar-refractivity contribution in [2.45, 2.75) is 90.9 Å². The minimum Gasteiger partial charge on any atom is -0.507 e. The number of aldehydes is 1. The van der Waals surface area contributed by atoms with E-state index in [1.54, 1.807) is 0 Å². The Morgan fingerprint density at radius 1 is 1.05 bits per heavy atom. The van der Waals surface area contributed by atoms with Crippen LogP contribution in [0.3, 0.4) is 0 Å². The average Bonchev–Trinajstić information content (AvgIpc) is 3.33. The molecule has 4 nitrogen and oxygen atoms in total. The molecule has 0 heterocycles. The first kappa shape index (κ1) is 27.5. The molecule has 8 atom stereocenters. The van der Waals surface area contributed by atoms with Crippen LogP contribution in [0.25, 0.3) is 11.1 Å². The first-order chi connectivity index (χ1) is 19.2. The molecule has 0 aliphatic heterocycles. The number of methoxy groups -OCH3 is 1. The fraction of sp³-hybridized carbons (Fsp3) is 0.611. The molecule has 0 unspecified atom stereocenters. The van der Waals surface area contributed by atoms with Gasteiger partial charge in [0.1, 0.15) is 5.75 Å². The molecule has 4 aliphatic carbocycles. The second-order valence-electron chi connectivity index (χ2n) is 14.1. The number of ether oxygens (including phenoxy) is 1. The van der Waals surface area contributed by atoms with E-state index in [0.29, 0.717) is 41.1 Å². The summed E-state index contributed by atoms with van der Waals surface area (Å²) in [7, 11) is 1.49. The fourth-order valence-corrected chi connectivity index (χ4v) is 10.6. The molecular weight excluding hydrogens is 496 g/mol. The lowest BCUT2D eigenvalue weighted by Gasteiger charge is -2.61. The van der Waals surface area contributed by atoms with Crippen LogP contribution in [0.4, 0.5) is 0 Å². The summed E-state index contributed by atoms with van der Waals surface area (Å²) in [5.41, 5.74) is 5.11. The molecule has 0 bridgehead atoms. The van der Waals surface area contributed by atoms with Gasteiger partial charge in [-0.15, -0.1) is 0 Å². The van der Waals surface area contributed by atoms with E-state index in [-0.39, 0.29) is 17.1 Å². The minimum atomic E-state index is -0.0871. The topological polar surface area (TPSA) is 63.6 Å². The highest BCUT2D eigenvalue weighted by Gasteiger charge is 2.61. The van der Waals surface area contributed by atoms with Crippen LogP contribution in [0.5, 0.6) is 5.75 Å². The number of aromatic hydroxyl groups is 1. The third-order valence-electron chi connectivity index (χ3n) is 12.6. The van der Waals surface area contributed by atoms with E-state index in [0.717, 1.165) is 60.5 Å². The highest BCUT2D eigenvalue weighted by Crippen LogP contribution is 2.70. The standard InChI is InChI=1S/C36H46O4/c1-22(10-15-32(38)40-4)28-13-14-29-25-11-12-31-33-24(16-18-36(31,3)30(25)17-19-35(28,29)2)20-26(27(21-37)34(33)39)23-8-6-5-7-9-23/h5-9,20-22,25,28-31,39H,10-19H2,1-4H3/t22-,25+,28-,29+,30+,31-,35-,36-/m1/s1. The molecule has 0 aromatic heterocycles. The van der Waals surface area contributed by atoms with E-state index in [4.69, 9.17) is 4.74 Å².